The Bertz CT molecular complexity index is 1590. The first-order valence-electron chi connectivity index (χ1n) is 18.7. The van der Waals surface area contributed by atoms with Gasteiger partial charge in [0.1, 0.15) is 17.7 Å². The number of hydrogen-bond acceptors (Lipinski definition) is 9. The van der Waals surface area contributed by atoms with Crippen molar-refractivity contribution in [3.8, 4) is 10.4 Å². The van der Waals surface area contributed by atoms with E-state index in [0.29, 0.717) is 45.3 Å². The molecule has 53 heavy (non-hydrogen) atoms. The van der Waals surface area contributed by atoms with Crippen LogP contribution in [0.15, 0.2) is 29.8 Å². The van der Waals surface area contributed by atoms with Crippen molar-refractivity contribution >= 4 is 41.1 Å². The van der Waals surface area contributed by atoms with Gasteiger partial charge in [-0.3, -0.25) is 19.2 Å². The third kappa shape index (κ3) is 11.7. The van der Waals surface area contributed by atoms with Crippen LogP contribution in [-0.4, -0.2) is 99.6 Å². The highest BCUT2D eigenvalue weighted by Crippen LogP contribution is 2.30. The number of β-amino-alcohol motifs (C(OH)–C–C–N with tert-alkyl or cyclic N) is 1. The lowest BCUT2D eigenvalue weighted by atomic mass is 9.85. The maximum atomic E-state index is 14.0. The summed E-state index contributed by atoms with van der Waals surface area (Å²) in [6.45, 7) is 16.2. The Balaban J connectivity index is 1.23. The first kappa shape index (κ1) is 41.7. The average Bonchev–Trinajstić information content (AvgIpc) is 3.70. The first-order chi connectivity index (χ1) is 24.8. The first-order valence-corrected chi connectivity index (χ1v) is 19.6. The number of carbonyl (C=O) groups is 5. The lowest BCUT2D eigenvalue weighted by Gasteiger charge is -2.35. The van der Waals surface area contributed by atoms with E-state index in [1.54, 1.807) is 16.2 Å². The number of nitrogens with one attached hydrogen (secondary N) is 3. The van der Waals surface area contributed by atoms with Crippen molar-refractivity contribution < 1.29 is 33.8 Å². The van der Waals surface area contributed by atoms with Gasteiger partial charge >= 0.3 is 6.09 Å². The number of likely N-dealkylation sites (tertiary alicyclic amines) is 2. The summed E-state index contributed by atoms with van der Waals surface area (Å²) < 4.78 is 5.43. The summed E-state index contributed by atoms with van der Waals surface area (Å²) in [7, 11) is 0. The van der Waals surface area contributed by atoms with Gasteiger partial charge in [0.05, 0.1) is 28.2 Å². The van der Waals surface area contributed by atoms with Gasteiger partial charge in [-0.05, 0) is 76.8 Å². The standard InChI is InChI=1S/C39H58N6O7S/c1-24(26-12-14-27(15-13-26)32-25(2)41-23-53-32)42-35(49)30-21-29(46)22-45(30)36(50)33(38(3,4)5)43-31(47)11-9-10-18-40-34(48)28-16-19-44(20-17-28)37(51)52-39(6,7)8/h12-15,23-24,28-30,33,46H,9-11,16-22H2,1-8H3,(H,40,48)(H,42,49)(H,43,47)/t24-,29+,30-,33?/m0/s1. The molecule has 14 heteroatoms. The third-order valence-corrected chi connectivity index (χ3v) is 10.7. The minimum Gasteiger partial charge on any atom is -0.444 e. The van der Waals surface area contributed by atoms with Crippen molar-refractivity contribution in [3.05, 3.63) is 41.0 Å². The number of aliphatic hydroxyl groups excluding tert-OH is 1. The summed E-state index contributed by atoms with van der Waals surface area (Å²) in [6, 6.07) is 5.79. The van der Waals surface area contributed by atoms with Crippen LogP contribution in [0.1, 0.15) is 104 Å². The Hall–Kier alpha value is -4.04. The van der Waals surface area contributed by atoms with Gasteiger partial charge in [-0.25, -0.2) is 9.78 Å². The smallest absolute Gasteiger partial charge is 0.410 e. The van der Waals surface area contributed by atoms with Gasteiger partial charge < -0.3 is 35.6 Å². The molecule has 13 nitrogen and oxygen atoms in total. The lowest BCUT2D eigenvalue weighted by Crippen LogP contribution is -2.57. The molecule has 1 aromatic heterocycles. The van der Waals surface area contributed by atoms with Crippen LogP contribution in [0.4, 0.5) is 4.79 Å². The molecule has 1 unspecified atom stereocenters. The largest absolute Gasteiger partial charge is 0.444 e. The zero-order valence-electron chi connectivity index (χ0n) is 32.5. The van der Waals surface area contributed by atoms with Crippen molar-refractivity contribution in [2.24, 2.45) is 11.3 Å². The maximum Gasteiger partial charge on any atom is 0.410 e. The summed E-state index contributed by atoms with van der Waals surface area (Å²) in [4.78, 5) is 74.1. The molecule has 2 aliphatic heterocycles. The van der Waals surface area contributed by atoms with Gasteiger partial charge in [0.2, 0.25) is 23.6 Å². The number of aryl methyl sites for hydroxylation is 1. The molecule has 1 aromatic carbocycles. The monoisotopic (exact) mass is 754 g/mol. The van der Waals surface area contributed by atoms with Crippen LogP contribution in [0.2, 0.25) is 0 Å². The Morgan fingerprint density at radius 2 is 1.64 bits per heavy atom. The molecule has 292 valence electrons. The molecule has 5 amide bonds. The third-order valence-electron chi connectivity index (χ3n) is 9.71. The molecule has 4 rings (SSSR count). The van der Waals surface area contributed by atoms with Crippen molar-refractivity contribution in [1.29, 1.82) is 0 Å². The average molecular weight is 755 g/mol. The number of aliphatic hydroxyl groups is 1. The minimum atomic E-state index is -0.915. The molecule has 2 aliphatic rings. The fraction of sp³-hybridized carbons (Fsp3) is 0.641. The van der Waals surface area contributed by atoms with Crippen molar-refractivity contribution in [3.63, 3.8) is 0 Å². The van der Waals surface area contributed by atoms with Gasteiger partial charge in [0.15, 0.2) is 0 Å². The number of piperidine rings is 1. The second-order valence-electron chi connectivity index (χ2n) is 16.4. The molecule has 2 fully saturated rings. The van der Waals surface area contributed by atoms with E-state index in [4.69, 9.17) is 4.74 Å². The molecule has 0 spiro atoms. The number of benzene rings is 1. The highest BCUT2D eigenvalue weighted by atomic mass is 32.1. The fourth-order valence-electron chi connectivity index (χ4n) is 6.67. The van der Waals surface area contributed by atoms with E-state index >= 15 is 0 Å². The van der Waals surface area contributed by atoms with Crippen LogP contribution in [-0.2, 0) is 23.9 Å². The number of nitrogens with zero attached hydrogens (tertiary/aromatic N) is 3. The maximum absolute atomic E-state index is 14.0. The normalized spacial score (nSPS) is 19.3. The lowest BCUT2D eigenvalue weighted by molar-refractivity contribution is -0.144. The molecule has 0 aliphatic carbocycles. The molecule has 0 radical (unpaired) electrons. The van der Waals surface area contributed by atoms with Crippen LogP contribution in [0.3, 0.4) is 0 Å². The topological polar surface area (TPSA) is 170 Å². The molecular weight excluding hydrogens is 697 g/mol. The van der Waals surface area contributed by atoms with Gasteiger partial charge in [-0.2, -0.15) is 0 Å². The van der Waals surface area contributed by atoms with E-state index < -0.39 is 35.1 Å². The number of hydrogen-bond donors (Lipinski definition) is 4. The highest BCUT2D eigenvalue weighted by Gasteiger charge is 2.44. The van der Waals surface area contributed by atoms with Crippen LogP contribution in [0.25, 0.3) is 10.4 Å². The van der Waals surface area contributed by atoms with Crippen LogP contribution < -0.4 is 16.0 Å². The van der Waals surface area contributed by atoms with Gasteiger partial charge in [0, 0.05) is 44.9 Å². The molecule has 0 bridgehead atoms. The van der Waals surface area contributed by atoms with Crippen LogP contribution >= 0.6 is 11.3 Å². The number of amides is 5. The van der Waals surface area contributed by atoms with Gasteiger partial charge in [-0.15, -0.1) is 11.3 Å². The molecule has 4 N–H and O–H groups in total. The summed E-state index contributed by atoms with van der Waals surface area (Å²) in [5.41, 5.74) is 3.50. The van der Waals surface area contributed by atoms with Crippen molar-refractivity contribution in [1.82, 2.24) is 30.7 Å². The quantitative estimate of drug-likeness (QED) is 0.226. The predicted octanol–water partition coefficient (Wildman–Crippen LogP) is 4.72. The molecule has 2 saturated heterocycles. The summed E-state index contributed by atoms with van der Waals surface area (Å²) in [6.07, 6.45) is 1.25. The van der Waals surface area contributed by atoms with E-state index in [1.165, 1.54) is 4.90 Å². The molecule has 0 saturated carbocycles. The van der Waals surface area contributed by atoms with E-state index in [1.807, 2.05) is 85.2 Å². The van der Waals surface area contributed by atoms with E-state index in [-0.39, 0.29) is 55.2 Å². The Labute approximate surface area is 317 Å². The number of rotatable bonds is 12. The summed E-state index contributed by atoms with van der Waals surface area (Å²) in [5.74, 6) is -1.31. The second-order valence-corrected chi connectivity index (χ2v) is 17.2. The Morgan fingerprint density at radius 1 is 0.981 bits per heavy atom. The molecule has 2 aromatic rings. The van der Waals surface area contributed by atoms with Gasteiger partial charge in [0.25, 0.3) is 0 Å². The summed E-state index contributed by atoms with van der Waals surface area (Å²) >= 11 is 1.57. The predicted molar refractivity (Wildman–Crippen MR) is 204 cm³/mol. The van der Waals surface area contributed by atoms with E-state index in [0.717, 1.165) is 21.7 Å². The zero-order valence-corrected chi connectivity index (χ0v) is 33.3. The number of thiazole rings is 1. The second kappa shape index (κ2) is 17.9. The fourth-order valence-corrected chi connectivity index (χ4v) is 7.48. The van der Waals surface area contributed by atoms with Crippen LogP contribution in [0.5, 0.6) is 0 Å². The van der Waals surface area contributed by atoms with Crippen LogP contribution in [0, 0.1) is 18.3 Å². The molecular formula is C39H58N6O7S. The Kier molecular flexibility index (Phi) is 14.1. The van der Waals surface area contributed by atoms with Crippen molar-refractivity contribution in [2.45, 2.75) is 124 Å². The molecule has 4 atom stereocenters. The minimum absolute atomic E-state index is 0.00360. The number of aromatic nitrogens is 1. The van der Waals surface area contributed by atoms with Crippen molar-refractivity contribution in [2.75, 3.05) is 26.2 Å². The molecule has 3 heterocycles. The highest BCUT2D eigenvalue weighted by molar-refractivity contribution is 7.13. The van der Waals surface area contributed by atoms with Gasteiger partial charge in [-0.1, -0.05) is 45.0 Å². The zero-order chi connectivity index (χ0) is 39.1. The summed E-state index contributed by atoms with van der Waals surface area (Å²) in [5, 5.41) is 19.4. The SMILES string of the molecule is Cc1ncsc1-c1ccc([C@H](C)NC(=O)[C@@H]2C[C@@H](O)CN2C(=O)C(NC(=O)CCCCNC(=O)C2CCN(C(=O)OC(C)(C)C)CC2)C(C)(C)C)cc1. The number of unbranched alkanes of at least 4 members (excludes halogenated alkanes) is 1. The number of ether oxygens (including phenoxy) is 1. The van der Waals surface area contributed by atoms with E-state index in [9.17, 15) is 29.1 Å². The number of carbonyl (C=O) groups excluding carboxylic acids is 5. The van der Waals surface area contributed by atoms with E-state index in [2.05, 4.69) is 20.9 Å². The Morgan fingerprint density at radius 3 is 2.23 bits per heavy atom.